The van der Waals surface area contributed by atoms with Crippen molar-refractivity contribution < 1.29 is 0 Å². The molecule has 0 saturated heterocycles. The van der Waals surface area contributed by atoms with Gasteiger partial charge in [0.25, 0.3) is 0 Å². The first kappa shape index (κ1) is 34.8. The van der Waals surface area contributed by atoms with Crippen molar-refractivity contribution in [2.75, 3.05) is 0 Å². The van der Waals surface area contributed by atoms with Gasteiger partial charge in [-0.05, 0) is 116 Å². The van der Waals surface area contributed by atoms with Crippen LogP contribution in [0.1, 0.15) is 76.6 Å². The third-order valence-electron chi connectivity index (χ3n) is 13.5. The highest BCUT2D eigenvalue weighted by atomic mass is 15.0. The van der Waals surface area contributed by atoms with Gasteiger partial charge in [0.15, 0.2) is 17.5 Å². The molecule has 7 aromatic carbocycles. The molecule has 4 heteroatoms. The van der Waals surface area contributed by atoms with Crippen LogP contribution in [-0.2, 0) is 16.2 Å². The fourth-order valence-corrected chi connectivity index (χ4v) is 10.2. The maximum Gasteiger partial charge on any atom is 0.164 e. The van der Waals surface area contributed by atoms with Crippen molar-refractivity contribution in [3.63, 3.8) is 0 Å². The average molecular weight is 751 g/mol. The molecule has 0 radical (unpaired) electrons. The molecule has 2 aliphatic rings. The summed E-state index contributed by atoms with van der Waals surface area (Å²) in [5.41, 5.74) is 14.6. The van der Waals surface area contributed by atoms with E-state index in [4.69, 9.17) is 15.0 Å². The van der Waals surface area contributed by atoms with E-state index in [1.165, 1.54) is 78.8 Å². The summed E-state index contributed by atoms with van der Waals surface area (Å²) in [7, 11) is 0. The van der Waals surface area contributed by atoms with Gasteiger partial charge in [0, 0.05) is 38.6 Å². The topological polar surface area (TPSA) is 43.6 Å². The Labute approximate surface area is 340 Å². The maximum absolute atomic E-state index is 5.28. The zero-order valence-electron chi connectivity index (χ0n) is 34.1. The lowest BCUT2D eigenvalue weighted by Crippen LogP contribution is -2.33. The second kappa shape index (κ2) is 12.3. The normalized spacial score (nSPS) is 16.0. The summed E-state index contributed by atoms with van der Waals surface area (Å²) in [5, 5.41) is 5.10. The summed E-state index contributed by atoms with van der Waals surface area (Å²) in [4.78, 5) is 15.6. The fraction of sp³-hybridized carbons (Fsp3) is 0.204. The smallest absolute Gasteiger partial charge is 0.164 e. The fourth-order valence-electron chi connectivity index (χ4n) is 10.2. The van der Waals surface area contributed by atoms with Gasteiger partial charge in [-0.3, -0.25) is 0 Å². The molecule has 0 atom stereocenters. The van der Waals surface area contributed by atoms with Gasteiger partial charge in [-0.25, -0.2) is 15.0 Å². The van der Waals surface area contributed by atoms with E-state index in [0.717, 1.165) is 22.4 Å². The van der Waals surface area contributed by atoms with Gasteiger partial charge in [0.1, 0.15) is 0 Å². The van der Waals surface area contributed by atoms with E-state index in [-0.39, 0.29) is 16.2 Å². The third-order valence-corrected chi connectivity index (χ3v) is 13.5. The second-order valence-electron chi connectivity index (χ2n) is 18.4. The number of benzene rings is 7. The van der Waals surface area contributed by atoms with Gasteiger partial charge < -0.3 is 4.57 Å². The highest BCUT2D eigenvalue weighted by Gasteiger charge is 2.39. The molecule has 0 aliphatic heterocycles. The molecule has 58 heavy (non-hydrogen) atoms. The Hall–Kier alpha value is -6.39. The van der Waals surface area contributed by atoms with Gasteiger partial charge in [-0.1, -0.05) is 139 Å². The number of hydrogen-bond acceptors (Lipinski definition) is 3. The molecular weight excluding hydrogens is 705 g/mol. The van der Waals surface area contributed by atoms with Crippen molar-refractivity contribution >= 4 is 32.6 Å². The maximum atomic E-state index is 5.28. The number of hydrogen-bond donors (Lipinski definition) is 0. The Bertz CT molecular complexity index is 3130. The Morgan fingerprint density at radius 3 is 1.69 bits per heavy atom. The van der Waals surface area contributed by atoms with E-state index >= 15 is 0 Å². The minimum absolute atomic E-state index is 0.0959. The van der Waals surface area contributed by atoms with Crippen LogP contribution in [0.2, 0.25) is 0 Å². The molecule has 0 unspecified atom stereocenters. The predicted molar refractivity (Wildman–Crippen MR) is 241 cm³/mol. The SMILES string of the molecule is CC1(C)CCC(C)(C)c2cc3c(cc21)c1cc2ccccc2cc1n3-c1ccc(-c2nc(-c3ccccc3)nc(-c3cccc4c3C(C)(C)c3ccccc3-4)n2)cc1. The minimum Gasteiger partial charge on any atom is -0.309 e. The van der Waals surface area contributed by atoms with Crippen molar-refractivity contribution in [3.05, 3.63) is 168 Å². The van der Waals surface area contributed by atoms with Gasteiger partial charge in [0.2, 0.25) is 0 Å². The monoisotopic (exact) mass is 750 g/mol. The average Bonchev–Trinajstić information content (AvgIpc) is 3.68. The molecule has 0 bridgehead atoms. The van der Waals surface area contributed by atoms with E-state index < -0.39 is 0 Å². The van der Waals surface area contributed by atoms with Crippen LogP contribution in [0.15, 0.2) is 146 Å². The lowest BCUT2D eigenvalue weighted by molar-refractivity contribution is 0.332. The Balaban J connectivity index is 1.10. The molecule has 2 aliphatic carbocycles. The van der Waals surface area contributed by atoms with E-state index in [9.17, 15) is 0 Å². The molecule has 9 aromatic rings. The second-order valence-corrected chi connectivity index (χ2v) is 18.4. The first-order valence-electron chi connectivity index (χ1n) is 20.7. The van der Waals surface area contributed by atoms with Crippen LogP contribution in [0.25, 0.3) is 83.6 Å². The number of aromatic nitrogens is 4. The summed E-state index contributed by atoms with van der Waals surface area (Å²) >= 11 is 0. The van der Waals surface area contributed by atoms with Crippen LogP contribution in [0, 0.1) is 0 Å². The predicted octanol–water partition coefficient (Wildman–Crippen LogP) is 13.8. The van der Waals surface area contributed by atoms with Crippen molar-refractivity contribution in [1.82, 2.24) is 19.5 Å². The Morgan fingerprint density at radius 1 is 0.431 bits per heavy atom. The first-order valence-corrected chi connectivity index (χ1v) is 20.7. The summed E-state index contributed by atoms with van der Waals surface area (Å²) in [6, 6.07) is 52.9. The molecule has 282 valence electrons. The van der Waals surface area contributed by atoms with E-state index in [2.05, 4.69) is 174 Å². The van der Waals surface area contributed by atoms with Crippen LogP contribution in [0.3, 0.4) is 0 Å². The molecule has 0 amide bonds. The molecule has 2 heterocycles. The zero-order valence-corrected chi connectivity index (χ0v) is 34.1. The zero-order chi connectivity index (χ0) is 39.6. The Kier molecular flexibility index (Phi) is 7.39. The third kappa shape index (κ3) is 5.17. The van der Waals surface area contributed by atoms with Crippen LogP contribution in [0.5, 0.6) is 0 Å². The minimum atomic E-state index is -0.207. The van der Waals surface area contributed by atoms with Crippen molar-refractivity contribution in [2.45, 2.75) is 70.6 Å². The molecule has 0 fully saturated rings. The number of fused-ring (bicyclic) bond motifs is 8. The molecule has 4 nitrogen and oxygen atoms in total. The molecule has 2 aromatic heterocycles. The standard InChI is InChI=1S/C54H46N4/c1-52(2)27-28-53(3,4)45-32-47-42(31-44(45)52)41-29-35-17-10-11-18-36(35)30-46(41)58(47)37-25-23-34(24-26-37)50-55-49(33-15-8-7-9-16-33)56-51(57-50)40-21-14-20-39-38-19-12-13-22-43(38)54(5,6)48(39)40/h7-26,29-32H,27-28H2,1-6H3. The lowest BCUT2D eigenvalue weighted by Gasteiger charge is -2.42. The summed E-state index contributed by atoms with van der Waals surface area (Å²) in [6.07, 6.45) is 2.36. The number of nitrogens with zero attached hydrogens (tertiary/aromatic N) is 4. The molecule has 11 rings (SSSR count). The quantitative estimate of drug-likeness (QED) is 0.180. The van der Waals surface area contributed by atoms with Crippen molar-refractivity contribution in [3.8, 4) is 51.0 Å². The van der Waals surface area contributed by atoms with E-state index in [1.807, 2.05) is 18.2 Å². The lowest BCUT2D eigenvalue weighted by atomic mass is 9.63. The summed E-state index contributed by atoms with van der Waals surface area (Å²) < 4.78 is 2.47. The van der Waals surface area contributed by atoms with Crippen LogP contribution >= 0.6 is 0 Å². The Morgan fingerprint density at radius 2 is 0.966 bits per heavy atom. The summed E-state index contributed by atoms with van der Waals surface area (Å²) in [6.45, 7) is 14.3. The highest BCUT2D eigenvalue weighted by Crippen LogP contribution is 2.52. The van der Waals surface area contributed by atoms with Crippen molar-refractivity contribution in [1.29, 1.82) is 0 Å². The molecule has 0 spiro atoms. The molecular formula is C54H46N4. The first-order chi connectivity index (χ1) is 28.0. The van der Waals surface area contributed by atoms with Crippen LogP contribution in [-0.4, -0.2) is 19.5 Å². The van der Waals surface area contributed by atoms with Crippen LogP contribution < -0.4 is 0 Å². The number of rotatable bonds is 4. The van der Waals surface area contributed by atoms with Crippen LogP contribution in [0.4, 0.5) is 0 Å². The summed E-state index contributed by atoms with van der Waals surface area (Å²) in [5.74, 6) is 2.02. The van der Waals surface area contributed by atoms with E-state index in [0.29, 0.717) is 17.5 Å². The van der Waals surface area contributed by atoms with Gasteiger partial charge in [-0.2, -0.15) is 0 Å². The molecule has 0 saturated carbocycles. The van der Waals surface area contributed by atoms with Gasteiger partial charge >= 0.3 is 0 Å². The van der Waals surface area contributed by atoms with Crippen molar-refractivity contribution in [2.24, 2.45) is 0 Å². The van der Waals surface area contributed by atoms with Gasteiger partial charge in [-0.15, -0.1) is 0 Å². The van der Waals surface area contributed by atoms with E-state index in [1.54, 1.807) is 0 Å². The molecule has 0 N–H and O–H groups in total. The van der Waals surface area contributed by atoms with Gasteiger partial charge in [0.05, 0.1) is 11.0 Å². The highest BCUT2D eigenvalue weighted by molar-refractivity contribution is 6.14. The largest absolute Gasteiger partial charge is 0.309 e.